The average molecular weight is 301 g/mol. The first-order chi connectivity index (χ1) is 8.95. The van der Waals surface area contributed by atoms with Crippen LogP contribution in [0.4, 0.5) is 10.1 Å². The Balaban J connectivity index is 2.39. The van der Waals surface area contributed by atoms with Crippen molar-refractivity contribution >= 4 is 27.0 Å². The minimum Gasteiger partial charge on any atom is -0.391 e. The lowest BCUT2D eigenvalue weighted by Crippen LogP contribution is -2.26. The Morgan fingerprint density at radius 2 is 2.11 bits per heavy atom. The molecule has 1 aromatic carbocycles. The molecule has 2 rings (SSSR count). The standard InChI is InChI=1S/C12H12FNO3S2/c1-14(10-4-2-3-9(13)5-10)19(16,17)12-6-11(7-15)18-8-12/h2-6,8,15H,7H2,1H3. The monoisotopic (exact) mass is 301 g/mol. The molecule has 1 heterocycles. The molecule has 2 aromatic rings. The van der Waals surface area contributed by atoms with Gasteiger partial charge in [-0.05, 0) is 24.3 Å². The third-order valence-electron chi connectivity index (χ3n) is 2.62. The van der Waals surface area contributed by atoms with Crippen molar-refractivity contribution in [3.8, 4) is 0 Å². The summed E-state index contributed by atoms with van der Waals surface area (Å²) in [6, 6.07) is 6.77. The van der Waals surface area contributed by atoms with Gasteiger partial charge in [0.2, 0.25) is 0 Å². The van der Waals surface area contributed by atoms with E-state index in [2.05, 4.69) is 0 Å². The minimum atomic E-state index is -3.73. The van der Waals surface area contributed by atoms with Gasteiger partial charge in [0.1, 0.15) is 5.82 Å². The fourth-order valence-corrected chi connectivity index (χ4v) is 3.86. The zero-order chi connectivity index (χ0) is 14.0. The number of nitrogens with zero attached hydrogens (tertiary/aromatic N) is 1. The third kappa shape index (κ3) is 2.78. The second-order valence-corrected chi connectivity index (χ2v) is 6.82. The summed E-state index contributed by atoms with van der Waals surface area (Å²) < 4.78 is 38.7. The van der Waals surface area contributed by atoms with E-state index in [0.717, 1.165) is 21.7 Å². The quantitative estimate of drug-likeness (QED) is 0.942. The smallest absolute Gasteiger partial charge is 0.264 e. The number of benzene rings is 1. The number of hydrogen-bond donors (Lipinski definition) is 1. The Morgan fingerprint density at radius 3 is 2.68 bits per heavy atom. The molecule has 4 nitrogen and oxygen atoms in total. The molecule has 0 saturated carbocycles. The van der Waals surface area contributed by atoms with E-state index in [9.17, 15) is 12.8 Å². The van der Waals surface area contributed by atoms with Gasteiger partial charge in [0.25, 0.3) is 10.0 Å². The van der Waals surface area contributed by atoms with Gasteiger partial charge in [-0.25, -0.2) is 12.8 Å². The Hall–Kier alpha value is -1.44. The van der Waals surface area contributed by atoms with Crippen molar-refractivity contribution < 1.29 is 17.9 Å². The van der Waals surface area contributed by atoms with E-state index in [0.29, 0.717) is 4.88 Å². The van der Waals surface area contributed by atoms with Crippen molar-refractivity contribution in [3.05, 3.63) is 46.4 Å². The summed E-state index contributed by atoms with van der Waals surface area (Å²) >= 11 is 1.16. The lowest BCUT2D eigenvalue weighted by molar-refractivity contribution is 0.285. The summed E-state index contributed by atoms with van der Waals surface area (Å²) in [6.07, 6.45) is 0. The molecular formula is C12H12FNO3S2. The number of aliphatic hydroxyl groups is 1. The topological polar surface area (TPSA) is 57.6 Å². The summed E-state index contributed by atoms with van der Waals surface area (Å²) in [7, 11) is -2.37. The number of sulfonamides is 1. The molecule has 0 unspecified atom stereocenters. The molecule has 19 heavy (non-hydrogen) atoms. The van der Waals surface area contributed by atoms with E-state index < -0.39 is 15.8 Å². The molecule has 0 bridgehead atoms. The highest BCUT2D eigenvalue weighted by atomic mass is 32.2. The lowest BCUT2D eigenvalue weighted by atomic mass is 10.3. The van der Waals surface area contributed by atoms with Gasteiger partial charge in [-0.1, -0.05) is 6.07 Å². The molecule has 0 aliphatic carbocycles. The summed E-state index contributed by atoms with van der Waals surface area (Å²) in [5.41, 5.74) is 0.247. The number of aliphatic hydroxyl groups excluding tert-OH is 1. The van der Waals surface area contributed by atoms with Gasteiger partial charge in [0, 0.05) is 17.3 Å². The Bertz CT molecular complexity index is 682. The summed E-state index contributed by atoms with van der Waals surface area (Å²) in [6.45, 7) is -0.204. The van der Waals surface area contributed by atoms with Crippen LogP contribution in [-0.2, 0) is 16.6 Å². The van der Waals surface area contributed by atoms with Crippen LogP contribution in [0.3, 0.4) is 0 Å². The largest absolute Gasteiger partial charge is 0.391 e. The first-order valence-corrected chi connectivity index (χ1v) is 7.70. The van der Waals surface area contributed by atoms with Crippen LogP contribution in [-0.4, -0.2) is 20.6 Å². The SMILES string of the molecule is CN(c1cccc(F)c1)S(=O)(=O)c1csc(CO)c1. The molecule has 0 aliphatic heterocycles. The highest BCUT2D eigenvalue weighted by Crippen LogP contribution is 2.26. The maximum atomic E-state index is 13.1. The summed E-state index contributed by atoms with van der Waals surface area (Å²) in [5.74, 6) is -0.499. The van der Waals surface area contributed by atoms with Crippen LogP contribution in [0.25, 0.3) is 0 Å². The molecule has 0 radical (unpaired) electrons. The van der Waals surface area contributed by atoms with Crippen LogP contribution in [0.1, 0.15) is 4.88 Å². The van der Waals surface area contributed by atoms with Gasteiger partial charge in [-0.3, -0.25) is 4.31 Å². The van der Waals surface area contributed by atoms with Crippen molar-refractivity contribution in [2.75, 3.05) is 11.4 Å². The van der Waals surface area contributed by atoms with Crippen LogP contribution in [0.2, 0.25) is 0 Å². The first-order valence-electron chi connectivity index (χ1n) is 5.38. The fraction of sp³-hybridized carbons (Fsp3) is 0.167. The molecule has 1 aromatic heterocycles. The third-order valence-corrected chi connectivity index (χ3v) is 5.45. The van der Waals surface area contributed by atoms with Gasteiger partial charge in [0.15, 0.2) is 0 Å². The molecule has 0 amide bonds. The van der Waals surface area contributed by atoms with Crippen LogP contribution in [0, 0.1) is 5.82 Å². The molecular weight excluding hydrogens is 289 g/mol. The highest BCUT2D eigenvalue weighted by molar-refractivity contribution is 7.93. The fourth-order valence-electron chi connectivity index (χ4n) is 1.55. The van der Waals surface area contributed by atoms with E-state index in [4.69, 9.17) is 5.11 Å². The van der Waals surface area contributed by atoms with E-state index in [1.54, 1.807) is 0 Å². The Labute approximate surface area is 114 Å². The zero-order valence-corrected chi connectivity index (χ0v) is 11.7. The van der Waals surface area contributed by atoms with Crippen LogP contribution in [0.15, 0.2) is 40.6 Å². The lowest BCUT2D eigenvalue weighted by Gasteiger charge is -2.18. The number of thiophene rings is 1. The molecule has 1 N–H and O–H groups in total. The van der Waals surface area contributed by atoms with Gasteiger partial charge in [-0.2, -0.15) is 0 Å². The van der Waals surface area contributed by atoms with E-state index >= 15 is 0 Å². The van der Waals surface area contributed by atoms with Gasteiger partial charge < -0.3 is 5.11 Å². The molecule has 0 fully saturated rings. The van der Waals surface area contributed by atoms with Gasteiger partial charge in [-0.15, -0.1) is 11.3 Å². The van der Waals surface area contributed by atoms with Crippen LogP contribution < -0.4 is 4.31 Å². The number of halogens is 1. The van der Waals surface area contributed by atoms with Crippen molar-refractivity contribution in [1.29, 1.82) is 0 Å². The summed E-state index contributed by atoms with van der Waals surface area (Å²) in [5, 5.41) is 10.4. The van der Waals surface area contributed by atoms with Crippen molar-refractivity contribution in [2.45, 2.75) is 11.5 Å². The number of anilines is 1. The maximum Gasteiger partial charge on any atom is 0.264 e. The maximum absolute atomic E-state index is 13.1. The second kappa shape index (κ2) is 5.28. The number of hydrogen-bond acceptors (Lipinski definition) is 4. The van der Waals surface area contributed by atoms with Crippen molar-refractivity contribution in [1.82, 2.24) is 0 Å². The molecule has 7 heteroatoms. The van der Waals surface area contributed by atoms with Crippen LogP contribution >= 0.6 is 11.3 Å². The van der Waals surface area contributed by atoms with Crippen molar-refractivity contribution in [2.24, 2.45) is 0 Å². The highest BCUT2D eigenvalue weighted by Gasteiger charge is 2.22. The van der Waals surface area contributed by atoms with E-state index in [1.807, 2.05) is 0 Å². The predicted molar refractivity (Wildman–Crippen MR) is 72.2 cm³/mol. The predicted octanol–water partition coefficient (Wildman–Crippen LogP) is 2.20. The molecule has 0 atom stereocenters. The normalized spacial score (nSPS) is 11.5. The van der Waals surface area contributed by atoms with Gasteiger partial charge >= 0.3 is 0 Å². The molecule has 102 valence electrons. The molecule has 0 spiro atoms. The van der Waals surface area contributed by atoms with Gasteiger partial charge in [0.05, 0.1) is 17.2 Å². The summed E-state index contributed by atoms with van der Waals surface area (Å²) in [4.78, 5) is 0.652. The minimum absolute atomic E-state index is 0.0910. The molecule has 0 saturated heterocycles. The molecule has 0 aliphatic rings. The van der Waals surface area contributed by atoms with Crippen molar-refractivity contribution in [3.63, 3.8) is 0 Å². The van der Waals surface area contributed by atoms with E-state index in [-0.39, 0.29) is 17.2 Å². The average Bonchev–Trinajstić information content (AvgIpc) is 2.87. The zero-order valence-electron chi connectivity index (χ0n) is 10.1. The Kier molecular flexibility index (Phi) is 3.88. The van der Waals surface area contributed by atoms with Crippen LogP contribution in [0.5, 0.6) is 0 Å². The first kappa shape index (κ1) is 14.0. The second-order valence-electron chi connectivity index (χ2n) is 3.86. The Morgan fingerprint density at radius 1 is 1.37 bits per heavy atom. The number of rotatable bonds is 4. The van der Waals surface area contributed by atoms with E-state index in [1.165, 1.54) is 36.7 Å².